The topological polar surface area (TPSA) is 58.7 Å². The summed E-state index contributed by atoms with van der Waals surface area (Å²) in [5, 5.41) is 9.09. The lowest BCUT2D eigenvalue weighted by Crippen LogP contribution is -2.37. The largest absolute Gasteiger partial charge is 0.395 e. The zero-order chi connectivity index (χ0) is 14.1. The molecule has 19 heavy (non-hydrogen) atoms. The van der Waals surface area contributed by atoms with Crippen LogP contribution in [0.4, 0.5) is 0 Å². The maximum Gasteiger partial charge on any atom is 0.0589 e. The van der Waals surface area contributed by atoms with Gasteiger partial charge in [-0.1, -0.05) is 37.3 Å². The summed E-state index contributed by atoms with van der Waals surface area (Å²) in [5.41, 5.74) is 7.45. The first-order valence-electron chi connectivity index (χ1n) is 6.81. The zero-order valence-corrected chi connectivity index (χ0v) is 12.0. The standard InChI is InChI=1S/C15H26N2O2/c1-13(12-17(8-10-18)9-11-19-2)15(16)14-6-4-3-5-7-14/h3-7,13,15,18H,8-12,16H2,1-2H3. The summed E-state index contributed by atoms with van der Waals surface area (Å²) in [5.74, 6) is 0.325. The maximum atomic E-state index is 9.09. The molecule has 1 rings (SSSR count). The number of nitrogens with two attached hydrogens (primary N) is 1. The van der Waals surface area contributed by atoms with E-state index in [0.717, 1.165) is 18.7 Å². The highest BCUT2D eigenvalue weighted by atomic mass is 16.5. The van der Waals surface area contributed by atoms with Gasteiger partial charge in [0.2, 0.25) is 0 Å². The normalized spacial score (nSPS) is 14.6. The van der Waals surface area contributed by atoms with Crippen LogP contribution in [0.1, 0.15) is 18.5 Å². The van der Waals surface area contributed by atoms with E-state index in [1.54, 1.807) is 7.11 Å². The van der Waals surface area contributed by atoms with Gasteiger partial charge in [-0.05, 0) is 11.5 Å². The van der Waals surface area contributed by atoms with Crippen molar-refractivity contribution in [2.24, 2.45) is 11.7 Å². The summed E-state index contributed by atoms with van der Waals surface area (Å²) in [6, 6.07) is 10.2. The van der Waals surface area contributed by atoms with Crippen molar-refractivity contribution < 1.29 is 9.84 Å². The van der Waals surface area contributed by atoms with Crippen molar-refractivity contribution in [1.82, 2.24) is 4.90 Å². The van der Waals surface area contributed by atoms with Crippen LogP contribution in [-0.2, 0) is 4.74 Å². The number of hydrogen-bond acceptors (Lipinski definition) is 4. The highest BCUT2D eigenvalue weighted by Gasteiger charge is 2.17. The summed E-state index contributed by atoms with van der Waals surface area (Å²) in [6.45, 7) is 5.33. The van der Waals surface area contributed by atoms with Gasteiger partial charge in [-0.25, -0.2) is 0 Å². The van der Waals surface area contributed by atoms with E-state index in [-0.39, 0.29) is 12.6 Å². The smallest absolute Gasteiger partial charge is 0.0589 e. The number of ether oxygens (including phenoxy) is 1. The molecule has 0 aromatic heterocycles. The van der Waals surface area contributed by atoms with Crippen LogP contribution in [-0.4, -0.2) is 50.0 Å². The quantitative estimate of drug-likeness (QED) is 0.706. The molecule has 1 aromatic carbocycles. The Balaban J connectivity index is 2.53. The molecule has 108 valence electrons. The summed E-state index contributed by atoms with van der Waals surface area (Å²) >= 11 is 0. The second kappa shape index (κ2) is 9.04. The van der Waals surface area contributed by atoms with Crippen molar-refractivity contribution in [3.63, 3.8) is 0 Å². The summed E-state index contributed by atoms with van der Waals surface area (Å²) in [6.07, 6.45) is 0. The average molecular weight is 266 g/mol. The van der Waals surface area contributed by atoms with Crippen LogP contribution in [0.3, 0.4) is 0 Å². The Kier molecular flexibility index (Phi) is 7.67. The number of hydrogen-bond donors (Lipinski definition) is 2. The lowest BCUT2D eigenvalue weighted by atomic mass is 9.95. The zero-order valence-electron chi connectivity index (χ0n) is 12.0. The highest BCUT2D eigenvalue weighted by Crippen LogP contribution is 2.19. The molecule has 0 radical (unpaired) electrons. The van der Waals surface area contributed by atoms with Crippen LogP contribution < -0.4 is 5.73 Å². The molecule has 0 bridgehead atoms. The van der Waals surface area contributed by atoms with Gasteiger partial charge in [0.15, 0.2) is 0 Å². The van der Waals surface area contributed by atoms with Gasteiger partial charge in [0.25, 0.3) is 0 Å². The SMILES string of the molecule is COCCN(CCO)CC(C)C(N)c1ccccc1. The van der Waals surface area contributed by atoms with Crippen molar-refractivity contribution in [3.05, 3.63) is 35.9 Å². The van der Waals surface area contributed by atoms with Crippen LogP contribution in [0.15, 0.2) is 30.3 Å². The molecule has 3 N–H and O–H groups in total. The van der Waals surface area contributed by atoms with Gasteiger partial charge >= 0.3 is 0 Å². The van der Waals surface area contributed by atoms with Crippen LogP contribution in [0.25, 0.3) is 0 Å². The molecule has 0 amide bonds. The minimum absolute atomic E-state index is 0.0185. The van der Waals surface area contributed by atoms with E-state index >= 15 is 0 Å². The van der Waals surface area contributed by atoms with E-state index < -0.39 is 0 Å². The fourth-order valence-electron chi connectivity index (χ4n) is 2.18. The number of aliphatic hydroxyl groups excluding tert-OH is 1. The molecule has 0 heterocycles. The van der Waals surface area contributed by atoms with E-state index in [4.69, 9.17) is 15.6 Å². The van der Waals surface area contributed by atoms with Crippen molar-refractivity contribution in [2.45, 2.75) is 13.0 Å². The first kappa shape index (κ1) is 16.1. The fraction of sp³-hybridized carbons (Fsp3) is 0.600. The van der Waals surface area contributed by atoms with Crippen LogP contribution in [0, 0.1) is 5.92 Å². The maximum absolute atomic E-state index is 9.09. The molecule has 1 aromatic rings. The molecule has 0 aliphatic rings. The lowest BCUT2D eigenvalue weighted by Gasteiger charge is -2.28. The second-order valence-corrected chi connectivity index (χ2v) is 4.93. The molecule has 2 atom stereocenters. The Morgan fingerprint density at radius 3 is 2.53 bits per heavy atom. The van der Waals surface area contributed by atoms with E-state index in [9.17, 15) is 0 Å². The Bertz CT molecular complexity index is 332. The molecule has 0 saturated heterocycles. The van der Waals surface area contributed by atoms with E-state index in [1.165, 1.54) is 0 Å². The molecular weight excluding hydrogens is 240 g/mol. The monoisotopic (exact) mass is 266 g/mol. The van der Waals surface area contributed by atoms with Crippen molar-refractivity contribution >= 4 is 0 Å². The number of nitrogens with zero attached hydrogens (tertiary/aromatic N) is 1. The van der Waals surface area contributed by atoms with Gasteiger partial charge < -0.3 is 15.6 Å². The number of rotatable bonds is 9. The first-order chi connectivity index (χ1) is 9.19. The highest BCUT2D eigenvalue weighted by molar-refractivity contribution is 5.19. The Morgan fingerprint density at radius 2 is 1.95 bits per heavy atom. The minimum Gasteiger partial charge on any atom is -0.395 e. The second-order valence-electron chi connectivity index (χ2n) is 4.93. The van der Waals surface area contributed by atoms with E-state index in [2.05, 4.69) is 24.0 Å². The van der Waals surface area contributed by atoms with Gasteiger partial charge in [-0.3, -0.25) is 4.90 Å². The fourth-order valence-corrected chi connectivity index (χ4v) is 2.18. The molecule has 4 heteroatoms. The van der Waals surface area contributed by atoms with Crippen LogP contribution >= 0.6 is 0 Å². The molecule has 4 nitrogen and oxygen atoms in total. The van der Waals surface area contributed by atoms with Gasteiger partial charge in [0.1, 0.15) is 0 Å². The predicted octanol–water partition coefficient (Wildman–Crippen LogP) is 1.26. The molecule has 0 aliphatic carbocycles. The van der Waals surface area contributed by atoms with Gasteiger partial charge in [-0.2, -0.15) is 0 Å². The van der Waals surface area contributed by atoms with E-state index in [0.29, 0.717) is 19.1 Å². The minimum atomic E-state index is 0.0185. The molecule has 0 spiro atoms. The molecule has 0 aliphatic heterocycles. The lowest BCUT2D eigenvalue weighted by molar-refractivity contribution is 0.117. The average Bonchev–Trinajstić information content (AvgIpc) is 2.45. The number of methoxy groups -OCH3 is 1. The summed E-state index contributed by atoms with van der Waals surface area (Å²) in [7, 11) is 1.69. The van der Waals surface area contributed by atoms with E-state index in [1.807, 2.05) is 18.2 Å². The Hall–Kier alpha value is -0.940. The van der Waals surface area contributed by atoms with Gasteiger partial charge in [-0.15, -0.1) is 0 Å². The van der Waals surface area contributed by atoms with Gasteiger partial charge in [0.05, 0.1) is 13.2 Å². The Morgan fingerprint density at radius 1 is 1.26 bits per heavy atom. The molecular formula is C15H26N2O2. The molecule has 0 fully saturated rings. The summed E-state index contributed by atoms with van der Waals surface area (Å²) in [4.78, 5) is 2.19. The third-order valence-corrected chi connectivity index (χ3v) is 3.37. The predicted molar refractivity (Wildman–Crippen MR) is 77.9 cm³/mol. The molecule has 2 unspecified atom stereocenters. The molecule has 0 saturated carbocycles. The van der Waals surface area contributed by atoms with Crippen molar-refractivity contribution in [1.29, 1.82) is 0 Å². The first-order valence-corrected chi connectivity index (χ1v) is 6.81. The number of aliphatic hydroxyl groups is 1. The number of benzene rings is 1. The summed E-state index contributed by atoms with van der Waals surface area (Å²) < 4.78 is 5.09. The van der Waals surface area contributed by atoms with Gasteiger partial charge in [0, 0.05) is 32.8 Å². The van der Waals surface area contributed by atoms with Crippen molar-refractivity contribution in [2.75, 3.05) is 40.0 Å². The third-order valence-electron chi connectivity index (χ3n) is 3.37. The van der Waals surface area contributed by atoms with Crippen LogP contribution in [0.2, 0.25) is 0 Å². The van der Waals surface area contributed by atoms with Crippen LogP contribution in [0.5, 0.6) is 0 Å². The Labute approximate surface area is 116 Å². The van der Waals surface area contributed by atoms with Crippen molar-refractivity contribution in [3.8, 4) is 0 Å². The third kappa shape index (κ3) is 5.70.